The molecule has 1 fully saturated rings. The lowest BCUT2D eigenvalue weighted by Crippen LogP contribution is -2.07. The third-order valence-electron chi connectivity index (χ3n) is 4.47. The van der Waals surface area contributed by atoms with E-state index in [-0.39, 0.29) is 0 Å². The molecule has 5 nitrogen and oxygen atoms in total. The molecule has 0 aliphatic heterocycles. The Bertz CT molecular complexity index is 827. The molecule has 0 radical (unpaired) electrons. The molecule has 1 aliphatic carbocycles. The molecule has 2 aromatic heterocycles. The van der Waals surface area contributed by atoms with Gasteiger partial charge in [-0.3, -0.25) is 0 Å². The van der Waals surface area contributed by atoms with Crippen LogP contribution in [0.25, 0.3) is 11.5 Å². The number of hydrogen-bond acceptors (Lipinski definition) is 3. The zero-order valence-corrected chi connectivity index (χ0v) is 14.1. The highest BCUT2D eigenvalue weighted by molar-refractivity contribution is 5.52. The van der Waals surface area contributed by atoms with E-state index in [4.69, 9.17) is 14.8 Å². The summed E-state index contributed by atoms with van der Waals surface area (Å²) in [4.78, 5) is 4.78. The molecule has 1 saturated carbocycles. The lowest BCUT2D eigenvalue weighted by molar-refractivity contribution is 0.414. The highest BCUT2D eigenvalue weighted by Gasteiger charge is 2.26. The summed E-state index contributed by atoms with van der Waals surface area (Å²) in [6.45, 7) is 2.80. The third-order valence-corrected chi connectivity index (χ3v) is 4.47. The number of aryl methyl sites for hydroxylation is 1. The minimum Gasteiger partial charge on any atom is -0.497 e. The van der Waals surface area contributed by atoms with Crippen molar-refractivity contribution in [2.45, 2.75) is 38.8 Å². The summed E-state index contributed by atoms with van der Waals surface area (Å²) < 4.78 is 9.60. The van der Waals surface area contributed by atoms with Crippen LogP contribution in [-0.4, -0.2) is 26.4 Å². The fourth-order valence-corrected chi connectivity index (χ4v) is 3.00. The Balaban J connectivity index is 1.69. The fraction of sp³-hybridized carbons (Fsp3) is 0.368. The molecule has 1 aromatic carbocycles. The lowest BCUT2D eigenvalue weighted by atomic mass is 10.2. The molecule has 124 valence electrons. The molecule has 24 heavy (non-hydrogen) atoms. The zero-order valence-electron chi connectivity index (χ0n) is 14.1. The molecule has 5 heteroatoms. The zero-order chi connectivity index (χ0) is 16.5. The summed E-state index contributed by atoms with van der Waals surface area (Å²) in [5, 5.41) is 4.70. The number of rotatable bonds is 6. The molecule has 2 heterocycles. The van der Waals surface area contributed by atoms with Crippen LogP contribution in [0, 0.1) is 0 Å². The van der Waals surface area contributed by atoms with Gasteiger partial charge in [-0.05, 0) is 42.7 Å². The molecule has 0 bridgehead atoms. The van der Waals surface area contributed by atoms with Crippen LogP contribution in [0.4, 0.5) is 0 Å². The van der Waals surface area contributed by atoms with E-state index in [0.29, 0.717) is 12.6 Å². The first-order valence-electron chi connectivity index (χ1n) is 8.52. The Labute approximate surface area is 141 Å². The molecule has 0 unspecified atom stereocenters. The molecule has 0 saturated heterocycles. The quantitative estimate of drug-likeness (QED) is 0.695. The monoisotopic (exact) mass is 322 g/mol. The summed E-state index contributed by atoms with van der Waals surface area (Å²) >= 11 is 0. The number of hydrogen-bond donors (Lipinski definition) is 0. The summed E-state index contributed by atoms with van der Waals surface area (Å²) in [5.41, 5.74) is 2.35. The van der Waals surface area contributed by atoms with Crippen LogP contribution in [0.2, 0.25) is 0 Å². The molecule has 0 N–H and O–H groups in total. The van der Waals surface area contributed by atoms with E-state index in [0.717, 1.165) is 23.8 Å². The van der Waals surface area contributed by atoms with E-state index in [1.54, 1.807) is 7.11 Å². The SMILES string of the molecule is CCc1nc(-c2cccn2C2CC2)n(Cc2ccc(OC)cc2)n1. The number of benzene rings is 1. The van der Waals surface area contributed by atoms with Gasteiger partial charge in [0.05, 0.1) is 19.3 Å². The number of aromatic nitrogens is 4. The number of methoxy groups -OCH3 is 1. The van der Waals surface area contributed by atoms with Gasteiger partial charge >= 0.3 is 0 Å². The van der Waals surface area contributed by atoms with Gasteiger partial charge in [-0.2, -0.15) is 5.10 Å². The largest absolute Gasteiger partial charge is 0.497 e. The van der Waals surface area contributed by atoms with Gasteiger partial charge in [0.2, 0.25) is 0 Å². The third kappa shape index (κ3) is 2.82. The van der Waals surface area contributed by atoms with E-state index >= 15 is 0 Å². The Morgan fingerprint density at radius 3 is 2.62 bits per heavy atom. The summed E-state index contributed by atoms with van der Waals surface area (Å²) in [6, 6.07) is 13.0. The van der Waals surface area contributed by atoms with Crippen molar-refractivity contribution in [3.8, 4) is 17.3 Å². The average molecular weight is 322 g/mol. The second kappa shape index (κ2) is 6.15. The smallest absolute Gasteiger partial charge is 0.175 e. The van der Waals surface area contributed by atoms with Crippen molar-refractivity contribution in [2.24, 2.45) is 0 Å². The highest BCUT2D eigenvalue weighted by atomic mass is 16.5. The maximum Gasteiger partial charge on any atom is 0.175 e. The minimum absolute atomic E-state index is 0.631. The van der Waals surface area contributed by atoms with Crippen molar-refractivity contribution in [3.63, 3.8) is 0 Å². The summed E-state index contributed by atoms with van der Waals surface area (Å²) in [6.07, 6.45) is 5.52. The second-order valence-corrected chi connectivity index (χ2v) is 6.24. The molecule has 0 amide bonds. The van der Waals surface area contributed by atoms with Crippen molar-refractivity contribution in [1.82, 2.24) is 19.3 Å². The molecule has 1 aliphatic rings. The van der Waals surface area contributed by atoms with Crippen LogP contribution < -0.4 is 4.74 Å². The molecular formula is C19H22N4O. The van der Waals surface area contributed by atoms with Crippen molar-refractivity contribution >= 4 is 0 Å². The van der Waals surface area contributed by atoms with Gasteiger partial charge in [0.25, 0.3) is 0 Å². The predicted molar refractivity (Wildman–Crippen MR) is 93.2 cm³/mol. The van der Waals surface area contributed by atoms with Gasteiger partial charge in [0, 0.05) is 18.7 Å². The van der Waals surface area contributed by atoms with Crippen molar-refractivity contribution in [3.05, 3.63) is 54.0 Å². The molecule has 0 spiro atoms. The van der Waals surface area contributed by atoms with Crippen LogP contribution in [-0.2, 0) is 13.0 Å². The maximum absolute atomic E-state index is 5.23. The van der Waals surface area contributed by atoms with E-state index in [9.17, 15) is 0 Å². The second-order valence-electron chi connectivity index (χ2n) is 6.24. The Morgan fingerprint density at radius 1 is 1.17 bits per heavy atom. The van der Waals surface area contributed by atoms with E-state index in [1.807, 2.05) is 16.8 Å². The van der Waals surface area contributed by atoms with Crippen molar-refractivity contribution in [1.29, 1.82) is 0 Å². The Kier molecular flexibility index (Phi) is 3.84. The van der Waals surface area contributed by atoms with Crippen LogP contribution >= 0.6 is 0 Å². The molecular weight excluding hydrogens is 300 g/mol. The number of nitrogens with zero attached hydrogens (tertiary/aromatic N) is 4. The van der Waals surface area contributed by atoms with Gasteiger partial charge in [0.1, 0.15) is 5.75 Å². The summed E-state index contributed by atoms with van der Waals surface area (Å²) in [7, 11) is 1.68. The molecule has 4 rings (SSSR count). The average Bonchev–Trinajstić information content (AvgIpc) is 3.20. The maximum atomic E-state index is 5.23. The van der Waals surface area contributed by atoms with Gasteiger partial charge in [-0.25, -0.2) is 9.67 Å². The van der Waals surface area contributed by atoms with Crippen LogP contribution in [0.1, 0.15) is 37.2 Å². The van der Waals surface area contributed by atoms with Gasteiger partial charge in [-0.1, -0.05) is 19.1 Å². The Morgan fingerprint density at radius 2 is 1.96 bits per heavy atom. The minimum atomic E-state index is 0.631. The van der Waals surface area contributed by atoms with Crippen molar-refractivity contribution < 1.29 is 4.74 Å². The van der Waals surface area contributed by atoms with Crippen LogP contribution in [0.5, 0.6) is 5.75 Å². The molecule has 3 aromatic rings. The van der Waals surface area contributed by atoms with Gasteiger partial charge < -0.3 is 9.30 Å². The molecule has 0 atom stereocenters. The first-order valence-corrected chi connectivity index (χ1v) is 8.52. The lowest BCUT2D eigenvalue weighted by Gasteiger charge is -2.10. The fourth-order valence-electron chi connectivity index (χ4n) is 3.00. The topological polar surface area (TPSA) is 44.9 Å². The van der Waals surface area contributed by atoms with Crippen LogP contribution in [0.15, 0.2) is 42.6 Å². The first kappa shape index (κ1) is 15.0. The first-order chi connectivity index (χ1) is 11.8. The van der Waals surface area contributed by atoms with Crippen molar-refractivity contribution in [2.75, 3.05) is 7.11 Å². The highest BCUT2D eigenvalue weighted by Crippen LogP contribution is 2.38. The summed E-state index contributed by atoms with van der Waals surface area (Å²) in [5.74, 6) is 2.72. The van der Waals surface area contributed by atoms with E-state index in [2.05, 4.69) is 42.0 Å². The standard InChI is InChI=1S/C19H22N4O/c1-3-18-20-19(17-5-4-12-22(17)15-8-9-15)23(21-18)13-14-6-10-16(24-2)11-7-14/h4-7,10-12,15H,3,8-9,13H2,1-2H3. The van der Waals surface area contributed by atoms with E-state index < -0.39 is 0 Å². The predicted octanol–water partition coefficient (Wildman–Crippen LogP) is 3.70. The van der Waals surface area contributed by atoms with Crippen LogP contribution in [0.3, 0.4) is 0 Å². The van der Waals surface area contributed by atoms with E-state index in [1.165, 1.54) is 24.1 Å². The number of ether oxygens (including phenoxy) is 1. The van der Waals surface area contributed by atoms with Gasteiger partial charge in [-0.15, -0.1) is 0 Å². The Hall–Kier alpha value is -2.56. The van der Waals surface area contributed by atoms with Gasteiger partial charge in [0.15, 0.2) is 11.6 Å². The normalized spacial score (nSPS) is 14.1.